The van der Waals surface area contributed by atoms with Gasteiger partial charge in [0.15, 0.2) is 0 Å². The number of hydrogen-bond donors (Lipinski definition) is 3. The number of amides is 2. The SMILES string of the molecule is Cc1ccsc1C(=O)NCC(=O)NCC(=O)O. The lowest BCUT2D eigenvalue weighted by Crippen LogP contribution is -2.38. The van der Waals surface area contributed by atoms with Gasteiger partial charge in [-0.25, -0.2) is 0 Å². The van der Waals surface area contributed by atoms with Gasteiger partial charge in [-0.05, 0) is 23.9 Å². The Morgan fingerprint density at radius 1 is 1.29 bits per heavy atom. The Kier molecular flexibility index (Phi) is 4.65. The maximum Gasteiger partial charge on any atom is 0.322 e. The van der Waals surface area contributed by atoms with Crippen LogP contribution < -0.4 is 10.6 Å². The number of aliphatic carboxylic acids is 1. The molecule has 0 aromatic carbocycles. The number of rotatable bonds is 5. The van der Waals surface area contributed by atoms with E-state index in [2.05, 4.69) is 10.6 Å². The number of hydrogen-bond acceptors (Lipinski definition) is 4. The molecular weight excluding hydrogens is 244 g/mol. The number of aryl methyl sites for hydroxylation is 1. The molecule has 0 saturated carbocycles. The topological polar surface area (TPSA) is 95.5 Å². The zero-order valence-electron chi connectivity index (χ0n) is 9.15. The van der Waals surface area contributed by atoms with E-state index in [-0.39, 0.29) is 12.5 Å². The second kappa shape index (κ2) is 6.00. The van der Waals surface area contributed by atoms with Crippen molar-refractivity contribution in [2.45, 2.75) is 6.92 Å². The van der Waals surface area contributed by atoms with Gasteiger partial charge in [0.1, 0.15) is 6.54 Å². The summed E-state index contributed by atoms with van der Waals surface area (Å²) in [6.07, 6.45) is 0. The summed E-state index contributed by atoms with van der Waals surface area (Å²) in [6, 6.07) is 1.81. The van der Waals surface area contributed by atoms with Gasteiger partial charge in [-0.1, -0.05) is 0 Å². The van der Waals surface area contributed by atoms with Crippen molar-refractivity contribution in [3.8, 4) is 0 Å². The highest BCUT2D eigenvalue weighted by Gasteiger charge is 2.11. The summed E-state index contributed by atoms with van der Waals surface area (Å²) >= 11 is 1.29. The molecule has 92 valence electrons. The number of carboxylic acid groups (broad SMARTS) is 1. The summed E-state index contributed by atoms with van der Waals surface area (Å²) in [5.74, 6) is -1.99. The Morgan fingerprint density at radius 2 is 2.00 bits per heavy atom. The lowest BCUT2D eigenvalue weighted by atomic mass is 10.3. The highest BCUT2D eigenvalue weighted by molar-refractivity contribution is 7.12. The van der Waals surface area contributed by atoms with Gasteiger partial charge in [-0.15, -0.1) is 11.3 Å². The summed E-state index contributed by atoms with van der Waals surface area (Å²) in [4.78, 5) is 33.4. The number of carboxylic acids is 1. The Balaban J connectivity index is 2.36. The van der Waals surface area contributed by atoms with Crippen LogP contribution in [0.15, 0.2) is 11.4 Å². The normalized spacial score (nSPS) is 9.71. The first-order valence-electron chi connectivity index (χ1n) is 4.81. The maximum atomic E-state index is 11.6. The Bertz CT molecular complexity index is 441. The molecule has 1 aromatic heterocycles. The van der Waals surface area contributed by atoms with Gasteiger partial charge < -0.3 is 15.7 Å². The van der Waals surface area contributed by atoms with Crippen molar-refractivity contribution in [3.63, 3.8) is 0 Å². The molecule has 0 aliphatic rings. The van der Waals surface area contributed by atoms with E-state index in [0.29, 0.717) is 4.88 Å². The molecule has 0 aliphatic carbocycles. The molecule has 17 heavy (non-hydrogen) atoms. The quantitative estimate of drug-likeness (QED) is 0.690. The highest BCUT2D eigenvalue weighted by Crippen LogP contribution is 2.14. The monoisotopic (exact) mass is 256 g/mol. The minimum atomic E-state index is -1.13. The smallest absolute Gasteiger partial charge is 0.322 e. The van der Waals surface area contributed by atoms with E-state index >= 15 is 0 Å². The minimum Gasteiger partial charge on any atom is -0.480 e. The lowest BCUT2D eigenvalue weighted by Gasteiger charge is -2.04. The fourth-order valence-electron chi connectivity index (χ4n) is 1.08. The first-order valence-corrected chi connectivity index (χ1v) is 5.69. The minimum absolute atomic E-state index is 0.233. The predicted molar refractivity (Wildman–Crippen MR) is 62.0 cm³/mol. The van der Waals surface area contributed by atoms with Crippen LogP contribution in [0.5, 0.6) is 0 Å². The summed E-state index contributed by atoms with van der Waals surface area (Å²) in [5, 5.41) is 14.7. The number of carbonyl (C=O) groups is 3. The molecule has 3 N–H and O–H groups in total. The Labute approximate surface area is 102 Å². The van der Waals surface area contributed by atoms with Crippen molar-refractivity contribution < 1.29 is 19.5 Å². The molecule has 0 spiro atoms. The second-order valence-electron chi connectivity index (χ2n) is 3.29. The lowest BCUT2D eigenvalue weighted by molar-refractivity contribution is -0.137. The largest absolute Gasteiger partial charge is 0.480 e. The van der Waals surface area contributed by atoms with E-state index in [1.54, 1.807) is 12.3 Å². The predicted octanol–water partition coefficient (Wildman–Crippen LogP) is -0.0129. The Morgan fingerprint density at radius 3 is 2.53 bits per heavy atom. The van der Waals surface area contributed by atoms with E-state index in [1.807, 2.05) is 6.07 Å². The maximum absolute atomic E-state index is 11.6. The van der Waals surface area contributed by atoms with Gasteiger partial charge in [-0.2, -0.15) is 0 Å². The van der Waals surface area contributed by atoms with Gasteiger partial charge in [0, 0.05) is 0 Å². The molecule has 0 radical (unpaired) electrons. The molecule has 7 heteroatoms. The molecule has 0 bridgehead atoms. The van der Waals surface area contributed by atoms with Crippen LogP contribution in [0.1, 0.15) is 15.2 Å². The highest BCUT2D eigenvalue weighted by atomic mass is 32.1. The van der Waals surface area contributed by atoms with Crippen molar-refractivity contribution in [2.24, 2.45) is 0 Å². The van der Waals surface area contributed by atoms with Crippen LogP contribution in [-0.2, 0) is 9.59 Å². The van der Waals surface area contributed by atoms with Gasteiger partial charge in [-0.3, -0.25) is 14.4 Å². The van der Waals surface area contributed by atoms with Crippen LogP contribution in [0.25, 0.3) is 0 Å². The molecule has 2 amide bonds. The average molecular weight is 256 g/mol. The van der Waals surface area contributed by atoms with Crippen LogP contribution in [-0.4, -0.2) is 36.0 Å². The van der Waals surface area contributed by atoms with Crippen LogP contribution >= 0.6 is 11.3 Å². The van der Waals surface area contributed by atoms with Gasteiger partial charge in [0.25, 0.3) is 5.91 Å². The number of thiophene rings is 1. The first-order chi connectivity index (χ1) is 8.00. The van der Waals surface area contributed by atoms with Crippen LogP contribution in [0.4, 0.5) is 0 Å². The first kappa shape index (κ1) is 13.2. The summed E-state index contributed by atoms with van der Waals surface area (Å²) in [7, 11) is 0. The molecule has 1 heterocycles. The van der Waals surface area contributed by atoms with Crippen molar-refractivity contribution in [2.75, 3.05) is 13.1 Å². The van der Waals surface area contributed by atoms with E-state index in [0.717, 1.165) is 5.56 Å². The van der Waals surface area contributed by atoms with Gasteiger partial charge >= 0.3 is 5.97 Å². The number of nitrogens with one attached hydrogen (secondary N) is 2. The summed E-state index contributed by atoms with van der Waals surface area (Å²) in [5.41, 5.74) is 0.846. The van der Waals surface area contributed by atoms with Crippen LogP contribution in [0.2, 0.25) is 0 Å². The van der Waals surface area contributed by atoms with E-state index < -0.39 is 18.4 Å². The molecule has 6 nitrogen and oxygen atoms in total. The van der Waals surface area contributed by atoms with E-state index in [1.165, 1.54) is 11.3 Å². The summed E-state index contributed by atoms with van der Waals surface area (Å²) < 4.78 is 0. The average Bonchev–Trinajstić information content (AvgIpc) is 2.69. The zero-order valence-corrected chi connectivity index (χ0v) is 9.97. The molecule has 1 rings (SSSR count). The van der Waals surface area contributed by atoms with Crippen molar-refractivity contribution >= 4 is 29.1 Å². The molecule has 0 unspecified atom stereocenters. The Hall–Kier alpha value is -1.89. The van der Waals surface area contributed by atoms with Crippen molar-refractivity contribution in [3.05, 3.63) is 21.9 Å². The molecule has 0 aliphatic heterocycles. The molecular formula is C10H12N2O4S. The van der Waals surface area contributed by atoms with Gasteiger partial charge in [0.2, 0.25) is 5.91 Å². The van der Waals surface area contributed by atoms with Crippen molar-refractivity contribution in [1.29, 1.82) is 0 Å². The van der Waals surface area contributed by atoms with Crippen molar-refractivity contribution in [1.82, 2.24) is 10.6 Å². The molecule has 0 fully saturated rings. The standard InChI is InChI=1S/C10H12N2O4S/c1-6-2-3-17-9(6)10(16)12-4-7(13)11-5-8(14)15/h2-3H,4-5H2,1H3,(H,11,13)(H,12,16)(H,14,15). The summed E-state index contributed by atoms with van der Waals surface area (Å²) in [6.45, 7) is 1.12. The van der Waals surface area contributed by atoms with E-state index in [4.69, 9.17) is 5.11 Å². The number of carbonyl (C=O) groups excluding carboxylic acids is 2. The molecule has 0 atom stereocenters. The third kappa shape index (κ3) is 4.23. The second-order valence-corrected chi connectivity index (χ2v) is 4.20. The van der Waals surface area contributed by atoms with Crippen LogP contribution in [0, 0.1) is 6.92 Å². The third-order valence-corrected chi connectivity index (χ3v) is 2.93. The van der Waals surface area contributed by atoms with Crippen LogP contribution in [0.3, 0.4) is 0 Å². The molecule has 0 saturated heterocycles. The molecule has 1 aromatic rings. The fraction of sp³-hybridized carbons (Fsp3) is 0.300. The third-order valence-electron chi connectivity index (χ3n) is 1.91. The fourth-order valence-corrected chi connectivity index (χ4v) is 1.92. The van der Waals surface area contributed by atoms with Gasteiger partial charge in [0.05, 0.1) is 11.4 Å². The van der Waals surface area contributed by atoms with E-state index in [9.17, 15) is 14.4 Å². The zero-order chi connectivity index (χ0) is 12.8.